The molecule has 0 aliphatic rings. The largest absolute Gasteiger partial charge is 0.374 e. The number of aryl methyl sites for hydroxylation is 1. The summed E-state index contributed by atoms with van der Waals surface area (Å²) < 4.78 is 5.56. The zero-order valence-electron chi connectivity index (χ0n) is 13.5. The lowest BCUT2D eigenvalue weighted by atomic mass is 10.2. The summed E-state index contributed by atoms with van der Waals surface area (Å²) >= 11 is 0. The lowest BCUT2D eigenvalue weighted by Crippen LogP contribution is -2.29. The van der Waals surface area contributed by atoms with Crippen LogP contribution in [-0.4, -0.2) is 33.9 Å². The van der Waals surface area contributed by atoms with Crippen molar-refractivity contribution in [1.82, 2.24) is 20.5 Å². The van der Waals surface area contributed by atoms with Crippen LogP contribution in [0.5, 0.6) is 0 Å². The molecule has 2 aromatic rings. The van der Waals surface area contributed by atoms with Crippen molar-refractivity contribution in [2.24, 2.45) is 0 Å². The number of nitrogens with one attached hydrogen (secondary N) is 3. The Hall–Kier alpha value is -2.41. The molecule has 7 nitrogen and oxygen atoms in total. The molecule has 0 aliphatic heterocycles. The van der Waals surface area contributed by atoms with Crippen LogP contribution in [0.1, 0.15) is 31.7 Å². The Labute approximate surface area is 135 Å². The number of amides is 2. The quantitative estimate of drug-likeness (QED) is 0.652. The summed E-state index contributed by atoms with van der Waals surface area (Å²) in [6, 6.07) is 7.43. The molecule has 124 valence electrons. The lowest BCUT2D eigenvalue weighted by Gasteiger charge is -2.10. The number of carbonyl (C=O) groups is 1. The molecule has 0 unspecified atom stereocenters. The van der Waals surface area contributed by atoms with Crippen molar-refractivity contribution in [3.8, 4) is 0 Å². The van der Waals surface area contributed by atoms with Gasteiger partial charge in [0.15, 0.2) is 0 Å². The maximum atomic E-state index is 11.9. The number of nitrogens with zero attached hydrogens (tertiary/aromatic N) is 2. The monoisotopic (exact) mass is 317 g/mol. The fourth-order valence-electron chi connectivity index (χ4n) is 1.99. The van der Waals surface area contributed by atoms with Gasteiger partial charge in [0.05, 0.1) is 12.7 Å². The molecule has 0 atom stereocenters. The van der Waals surface area contributed by atoms with Crippen molar-refractivity contribution in [1.29, 1.82) is 0 Å². The van der Waals surface area contributed by atoms with Crippen LogP contribution in [0, 0.1) is 0 Å². The van der Waals surface area contributed by atoms with Crippen LogP contribution < -0.4 is 10.6 Å². The Balaban J connectivity index is 1.70. The second kappa shape index (κ2) is 8.89. The first kappa shape index (κ1) is 17.0. The predicted octanol–water partition coefficient (Wildman–Crippen LogP) is 2.48. The molecule has 1 aromatic heterocycles. The van der Waals surface area contributed by atoms with Gasteiger partial charge >= 0.3 is 6.03 Å². The third kappa shape index (κ3) is 6.48. The zero-order valence-corrected chi connectivity index (χ0v) is 13.5. The van der Waals surface area contributed by atoms with Gasteiger partial charge in [-0.2, -0.15) is 5.10 Å². The van der Waals surface area contributed by atoms with E-state index in [2.05, 4.69) is 25.8 Å². The summed E-state index contributed by atoms with van der Waals surface area (Å²) in [4.78, 5) is 15.9. The first-order valence-electron chi connectivity index (χ1n) is 7.73. The van der Waals surface area contributed by atoms with Crippen LogP contribution in [0.2, 0.25) is 0 Å². The van der Waals surface area contributed by atoms with Crippen LogP contribution in [-0.2, 0) is 17.8 Å². The smallest absolute Gasteiger partial charge is 0.319 e. The lowest BCUT2D eigenvalue weighted by molar-refractivity contribution is 0.0657. The predicted molar refractivity (Wildman–Crippen MR) is 88.1 cm³/mol. The van der Waals surface area contributed by atoms with Gasteiger partial charge in [-0.3, -0.25) is 5.10 Å². The van der Waals surface area contributed by atoms with Gasteiger partial charge in [-0.05, 0) is 38.0 Å². The molecule has 2 amide bonds. The van der Waals surface area contributed by atoms with Crippen LogP contribution in [0.25, 0.3) is 0 Å². The number of urea groups is 1. The van der Waals surface area contributed by atoms with Gasteiger partial charge in [-0.25, -0.2) is 9.78 Å². The van der Waals surface area contributed by atoms with E-state index < -0.39 is 0 Å². The first-order valence-corrected chi connectivity index (χ1v) is 7.73. The number of anilines is 1. The fourth-order valence-corrected chi connectivity index (χ4v) is 1.99. The highest BCUT2D eigenvalue weighted by molar-refractivity contribution is 5.89. The van der Waals surface area contributed by atoms with Crippen molar-refractivity contribution in [2.45, 2.75) is 39.4 Å². The minimum absolute atomic E-state index is 0.180. The number of hydrogen-bond acceptors (Lipinski definition) is 4. The summed E-state index contributed by atoms with van der Waals surface area (Å²) in [6.07, 6.45) is 3.21. The van der Waals surface area contributed by atoms with Gasteiger partial charge in [0.2, 0.25) is 0 Å². The van der Waals surface area contributed by atoms with Gasteiger partial charge in [-0.1, -0.05) is 12.1 Å². The minimum Gasteiger partial charge on any atom is -0.374 e. The fraction of sp³-hybridized carbons (Fsp3) is 0.438. The van der Waals surface area contributed by atoms with Gasteiger partial charge in [0.1, 0.15) is 12.2 Å². The zero-order chi connectivity index (χ0) is 16.5. The molecular weight excluding hydrogens is 294 g/mol. The molecule has 0 saturated heterocycles. The van der Waals surface area contributed by atoms with Gasteiger partial charge < -0.3 is 15.4 Å². The molecule has 1 heterocycles. The van der Waals surface area contributed by atoms with E-state index in [1.807, 2.05) is 38.1 Å². The molecule has 0 fully saturated rings. The van der Waals surface area contributed by atoms with Gasteiger partial charge in [-0.15, -0.1) is 0 Å². The number of ether oxygens (including phenoxy) is 1. The van der Waals surface area contributed by atoms with Crippen LogP contribution >= 0.6 is 0 Å². The Morgan fingerprint density at radius 2 is 2.26 bits per heavy atom. The number of aromatic amines is 1. The molecule has 2 rings (SSSR count). The van der Waals surface area contributed by atoms with Crippen molar-refractivity contribution in [3.63, 3.8) is 0 Å². The summed E-state index contributed by atoms with van der Waals surface area (Å²) in [7, 11) is 0. The van der Waals surface area contributed by atoms with Gasteiger partial charge in [0, 0.05) is 18.7 Å². The van der Waals surface area contributed by atoms with E-state index in [1.165, 1.54) is 6.33 Å². The number of aromatic nitrogens is 3. The molecule has 0 aliphatic carbocycles. The second-order valence-corrected chi connectivity index (χ2v) is 5.48. The molecular formula is C16H23N5O2. The van der Waals surface area contributed by atoms with E-state index in [0.717, 1.165) is 29.9 Å². The van der Waals surface area contributed by atoms with Crippen LogP contribution in [0.3, 0.4) is 0 Å². The topological polar surface area (TPSA) is 91.9 Å². The normalized spacial score (nSPS) is 10.7. The minimum atomic E-state index is -0.218. The molecule has 1 aromatic carbocycles. The van der Waals surface area contributed by atoms with E-state index in [9.17, 15) is 4.79 Å². The highest BCUT2D eigenvalue weighted by Crippen LogP contribution is 2.12. The van der Waals surface area contributed by atoms with E-state index >= 15 is 0 Å². The number of hydrogen-bond donors (Lipinski definition) is 3. The van der Waals surface area contributed by atoms with E-state index in [-0.39, 0.29) is 12.1 Å². The second-order valence-electron chi connectivity index (χ2n) is 5.48. The average molecular weight is 317 g/mol. The first-order chi connectivity index (χ1) is 11.1. The molecule has 7 heteroatoms. The van der Waals surface area contributed by atoms with Gasteiger partial charge in [0.25, 0.3) is 0 Å². The maximum absolute atomic E-state index is 11.9. The summed E-state index contributed by atoms with van der Waals surface area (Å²) in [5.74, 6) is 0.824. The third-order valence-electron chi connectivity index (χ3n) is 3.11. The SMILES string of the molecule is CC(C)OCc1cccc(NC(=O)NCCCc2ncn[nH]2)c1. The highest BCUT2D eigenvalue weighted by Gasteiger charge is 2.03. The van der Waals surface area contributed by atoms with Crippen molar-refractivity contribution < 1.29 is 9.53 Å². The standard InChI is InChI=1S/C16H23N5O2/c1-12(2)23-10-13-5-3-6-14(9-13)20-16(22)17-8-4-7-15-18-11-19-21-15/h3,5-6,9,11-12H,4,7-8,10H2,1-2H3,(H2,17,20,22)(H,18,19,21). The van der Waals surface area contributed by atoms with E-state index in [0.29, 0.717) is 13.2 Å². The summed E-state index contributed by atoms with van der Waals surface area (Å²) in [5.41, 5.74) is 1.78. The third-order valence-corrected chi connectivity index (χ3v) is 3.11. The highest BCUT2D eigenvalue weighted by atomic mass is 16.5. The Kier molecular flexibility index (Phi) is 6.56. The number of carbonyl (C=O) groups excluding carboxylic acids is 1. The Morgan fingerprint density at radius 3 is 3.00 bits per heavy atom. The van der Waals surface area contributed by atoms with E-state index in [4.69, 9.17) is 4.74 Å². The Morgan fingerprint density at radius 1 is 1.39 bits per heavy atom. The molecule has 0 bridgehead atoms. The van der Waals surface area contributed by atoms with E-state index in [1.54, 1.807) is 0 Å². The molecule has 0 spiro atoms. The molecule has 23 heavy (non-hydrogen) atoms. The summed E-state index contributed by atoms with van der Waals surface area (Å²) in [5, 5.41) is 12.2. The van der Waals surface area contributed by atoms with Crippen LogP contribution in [0.4, 0.5) is 10.5 Å². The van der Waals surface area contributed by atoms with Crippen LogP contribution in [0.15, 0.2) is 30.6 Å². The number of H-pyrrole nitrogens is 1. The average Bonchev–Trinajstić information content (AvgIpc) is 3.03. The molecule has 3 N–H and O–H groups in total. The molecule has 0 saturated carbocycles. The number of benzene rings is 1. The Bertz CT molecular complexity index is 598. The van der Waals surface area contributed by atoms with Crippen molar-refractivity contribution >= 4 is 11.7 Å². The molecule has 0 radical (unpaired) electrons. The number of rotatable bonds is 8. The van der Waals surface area contributed by atoms with Crippen molar-refractivity contribution in [3.05, 3.63) is 42.0 Å². The summed E-state index contributed by atoms with van der Waals surface area (Å²) in [6.45, 7) is 5.09. The van der Waals surface area contributed by atoms with Crippen molar-refractivity contribution in [2.75, 3.05) is 11.9 Å². The maximum Gasteiger partial charge on any atom is 0.319 e.